The van der Waals surface area contributed by atoms with Gasteiger partial charge < -0.3 is 9.47 Å². The lowest BCUT2D eigenvalue weighted by molar-refractivity contribution is 0.0514. The molecule has 8 heteroatoms. The summed E-state index contributed by atoms with van der Waals surface area (Å²) in [7, 11) is 0. The Bertz CT molecular complexity index is 1140. The summed E-state index contributed by atoms with van der Waals surface area (Å²) in [5, 5.41) is 4.34. The Balaban J connectivity index is 2.01. The van der Waals surface area contributed by atoms with Crippen LogP contribution in [0.15, 0.2) is 47.7 Å². The van der Waals surface area contributed by atoms with E-state index < -0.39 is 11.7 Å². The minimum Gasteiger partial charge on any atom is -0.494 e. The molecule has 7 nitrogen and oxygen atoms in total. The Hall–Kier alpha value is -3.06. The van der Waals surface area contributed by atoms with E-state index in [2.05, 4.69) is 5.10 Å². The van der Waals surface area contributed by atoms with Crippen molar-refractivity contribution in [3.05, 3.63) is 63.8 Å². The van der Waals surface area contributed by atoms with Gasteiger partial charge in [0.05, 0.1) is 23.5 Å². The summed E-state index contributed by atoms with van der Waals surface area (Å²) in [5.41, 5.74) is 1.83. The zero-order valence-electron chi connectivity index (χ0n) is 17.6. The minimum atomic E-state index is -0.640. The number of halogens is 1. The Labute approximate surface area is 179 Å². The molecule has 0 fully saturated rings. The van der Waals surface area contributed by atoms with E-state index in [0.717, 1.165) is 16.0 Å². The second-order valence-corrected chi connectivity index (χ2v) is 8.19. The first kappa shape index (κ1) is 21.6. The molecule has 1 aromatic carbocycles. The van der Waals surface area contributed by atoms with E-state index in [4.69, 9.17) is 21.1 Å². The van der Waals surface area contributed by atoms with Crippen LogP contribution in [0.2, 0.25) is 5.02 Å². The monoisotopic (exact) mass is 429 g/mol. The SMILES string of the molecule is CCOc1ccc(-n2cc(-c3cnn(C(=O)OC(C)(C)C)c3)c(Cl)cc2=O)c(C)c1. The van der Waals surface area contributed by atoms with Crippen LogP contribution in [0.1, 0.15) is 33.3 Å². The van der Waals surface area contributed by atoms with Crippen molar-refractivity contribution in [2.45, 2.75) is 40.2 Å². The topological polar surface area (TPSA) is 75.3 Å². The predicted molar refractivity (Wildman–Crippen MR) is 116 cm³/mol. The summed E-state index contributed by atoms with van der Waals surface area (Å²) in [6, 6.07) is 6.86. The second kappa shape index (κ2) is 8.36. The van der Waals surface area contributed by atoms with Gasteiger partial charge in [0.2, 0.25) is 0 Å². The van der Waals surface area contributed by atoms with E-state index in [1.54, 1.807) is 27.0 Å². The molecule has 158 valence electrons. The fourth-order valence-corrected chi connectivity index (χ4v) is 3.19. The number of nitrogens with zero attached hydrogens (tertiary/aromatic N) is 3. The molecule has 0 atom stereocenters. The number of carbonyl (C=O) groups excluding carboxylic acids is 1. The van der Waals surface area contributed by atoms with E-state index in [1.165, 1.54) is 23.0 Å². The van der Waals surface area contributed by atoms with Crippen LogP contribution >= 0.6 is 11.6 Å². The van der Waals surface area contributed by atoms with E-state index in [0.29, 0.717) is 23.4 Å². The van der Waals surface area contributed by atoms with Crippen LogP contribution in [0.5, 0.6) is 5.75 Å². The van der Waals surface area contributed by atoms with Gasteiger partial charge in [0, 0.05) is 29.6 Å². The number of carbonyl (C=O) groups is 1. The van der Waals surface area contributed by atoms with E-state index in [-0.39, 0.29) is 10.6 Å². The first-order valence-electron chi connectivity index (χ1n) is 9.53. The molecule has 0 N–H and O–H groups in total. The van der Waals surface area contributed by atoms with Gasteiger partial charge in [-0.2, -0.15) is 9.78 Å². The van der Waals surface area contributed by atoms with Crippen molar-refractivity contribution in [2.75, 3.05) is 6.61 Å². The third kappa shape index (κ3) is 4.74. The van der Waals surface area contributed by atoms with Crippen LogP contribution < -0.4 is 10.3 Å². The van der Waals surface area contributed by atoms with Crippen LogP contribution in [0.3, 0.4) is 0 Å². The number of pyridine rings is 1. The zero-order chi connectivity index (χ0) is 22.1. The summed E-state index contributed by atoms with van der Waals surface area (Å²) in [4.78, 5) is 24.8. The fourth-order valence-electron chi connectivity index (χ4n) is 2.94. The van der Waals surface area contributed by atoms with Crippen molar-refractivity contribution in [1.29, 1.82) is 0 Å². The van der Waals surface area contributed by atoms with Gasteiger partial charge in [0.1, 0.15) is 11.4 Å². The third-order valence-electron chi connectivity index (χ3n) is 4.22. The van der Waals surface area contributed by atoms with Gasteiger partial charge in [0.25, 0.3) is 5.56 Å². The number of benzene rings is 1. The highest BCUT2D eigenvalue weighted by molar-refractivity contribution is 6.33. The molecule has 0 saturated carbocycles. The molecule has 0 aliphatic heterocycles. The molecule has 0 bridgehead atoms. The van der Waals surface area contributed by atoms with Gasteiger partial charge in [-0.05, 0) is 58.4 Å². The summed E-state index contributed by atoms with van der Waals surface area (Å²) < 4.78 is 13.5. The smallest absolute Gasteiger partial charge is 0.435 e. The van der Waals surface area contributed by atoms with Gasteiger partial charge in [-0.3, -0.25) is 9.36 Å². The van der Waals surface area contributed by atoms with Crippen LogP contribution in [0.4, 0.5) is 4.79 Å². The van der Waals surface area contributed by atoms with Gasteiger partial charge in [-0.25, -0.2) is 4.79 Å². The van der Waals surface area contributed by atoms with Crippen molar-refractivity contribution in [1.82, 2.24) is 14.3 Å². The summed E-state index contributed by atoms with van der Waals surface area (Å²) in [6.07, 6.45) is 4.07. The quantitative estimate of drug-likeness (QED) is 0.592. The predicted octanol–water partition coefficient (Wildman–Crippen LogP) is 4.84. The number of aryl methyl sites for hydroxylation is 1. The summed E-state index contributed by atoms with van der Waals surface area (Å²) in [6.45, 7) is 9.71. The molecule has 30 heavy (non-hydrogen) atoms. The largest absolute Gasteiger partial charge is 0.494 e. The molecule has 2 heterocycles. The Kier molecular flexibility index (Phi) is 6.03. The fraction of sp³-hybridized carbons (Fsp3) is 0.318. The second-order valence-electron chi connectivity index (χ2n) is 7.78. The van der Waals surface area contributed by atoms with Crippen LogP contribution in [-0.4, -0.2) is 32.6 Å². The minimum absolute atomic E-state index is 0.267. The number of ether oxygens (including phenoxy) is 2. The molecule has 0 saturated heterocycles. The lowest BCUT2D eigenvalue weighted by Crippen LogP contribution is -2.27. The normalized spacial score (nSPS) is 11.4. The van der Waals surface area contributed by atoms with Crippen molar-refractivity contribution >= 4 is 17.7 Å². The van der Waals surface area contributed by atoms with Crippen molar-refractivity contribution in [3.63, 3.8) is 0 Å². The maximum atomic E-state index is 12.6. The standard InChI is InChI=1S/C22H24ClN3O4/c1-6-29-16-7-8-19(14(2)9-16)25-13-17(18(23)10-20(25)27)15-11-24-26(12-15)21(28)30-22(3,4)5/h7-13H,6H2,1-5H3. The molecule has 0 aliphatic carbocycles. The Morgan fingerprint density at radius 2 is 1.93 bits per heavy atom. The highest BCUT2D eigenvalue weighted by Gasteiger charge is 2.20. The highest BCUT2D eigenvalue weighted by atomic mass is 35.5. The number of rotatable bonds is 4. The zero-order valence-corrected chi connectivity index (χ0v) is 18.4. The van der Waals surface area contributed by atoms with Gasteiger partial charge in [-0.15, -0.1) is 0 Å². The molecule has 0 unspecified atom stereocenters. The summed E-state index contributed by atoms with van der Waals surface area (Å²) in [5.74, 6) is 0.736. The first-order valence-corrected chi connectivity index (χ1v) is 9.91. The van der Waals surface area contributed by atoms with Crippen LogP contribution in [-0.2, 0) is 4.74 Å². The van der Waals surface area contributed by atoms with Crippen molar-refractivity contribution in [2.24, 2.45) is 0 Å². The molecule has 0 amide bonds. The van der Waals surface area contributed by atoms with Gasteiger partial charge in [0.15, 0.2) is 0 Å². The number of hydrogen-bond acceptors (Lipinski definition) is 5. The maximum Gasteiger partial charge on any atom is 0.435 e. The molecule has 0 radical (unpaired) electrons. The van der Waals surface area contributed by atoms with Crippen LogP contribution in [0.25, 0.3) is 16.8 Å². The lowest BCUT2D eigenvalue weighted by atomic mass is 10.1. The molecule has 0 spiro atoms. The summed E-state index contributed by atoms with van der Waals surface area (Å²) >= 11 is 6.34. The van der Waals surface area contributed by atoms with E-state index in [1.807, 2.05) is 32.0 Å². The molecular weight excluding hydrogens is 406 g/mol. The molecular formula is C22H24ClN3O4. The molecule has 0 aliphatic rings. The molecule has 2 aromatic heterocycles. The van der Waals surface area contributed by atoms with Gasteiger partial charge in [-0.1, -0.05) is 11.6 Å². The van der Waals surface area contributed by atoms with E-state index >= 15 is 0 Å². The Morgan fingerprint density at radius 3 is 2.57 bits per heavy atom. The highest BCUT2D eigenvalue weighted by Crippen LogP contribution is 2.28. The molecule has 3 aromatic rings. The third-order valence-corrected chi connectivity index (χ3v) is 4.53. The maximum absolute atomic E-state index is 12.6. The van der Waals surface area contributed by atoms with E-state index in [9.17, 15) is 9.59 Å². The van der Waals surface area contributed by atoms with Crippen LogP contribution in [0, 0.1) is 6.92 Å². The number of hydrogen-bond donors (Lipinski definition) is 0. The first-order chi connectivity index (χ1) is 14.1. The average molecular weight is 430 g/mol. The van der Waals surface area contributed by atoms with Gasteiger partial charge >= 0.3 is 6.09 Å². The Morgan fingerprint density at radius 1 is 1.20 bits per heavy atom. The van der Waals surface area contributed by atoms with Crippen molar-refractivity contribution < 1.29 is 14.3 Å². The lowest BCUT2D eigenvalue weighted by Gasteiger charge is -2.18. The number of aromatic nitrogens is 3. The average Bonchev–Trinajstić information content (AvgIpc) is 3.12. The van der Waals surface area contributed by atoms with Crippen molar-refractivity contribution in [3.8, 4) is 22.6 Å². The molecule has 3 rings (SSSR count).